The summed E-state index contributed by atoms with van der Waals surface area (Å²) in [6.45, 7) is 8.38. The van der Waals surface area contributed by atoms with Gasteiger partial charge >= 0.3 is 0 Å². The zero-order chi connectivity index (χ0) is 27.5. The highest BCUT2D eigenvalue weighted by molar-refractivity contribution is 5.96. The first-order valence-electron chi connectivity index (χ1n) is 13.8. The van der Waals surface area contributed by atoms with Crippen molar-refractivity contribution in [2.45, 2.75) is 59.1 Å². The smallest absolute Gasteiger partial charge is 0.249 e. The molecule has 0 spiro atoms. The van der Waals surface area contributed by atoms with E-state index < -0.39 is 23.3 Å². The third-order valence-corrected chi connectivity index (χ3v) is 7.54. The number of nitrogens with zero attached hydrogens (tertiary/aromatic N) is 1. The third-order valence-electron chi connectivity index (χ3n) is 7.54. The standard InChI is InChI=1S/C32H43N3O3/c1-4-18-35(19-5-2)30(37)26-16-11-17-32(21-26,31(33)38)28(20-25-13-7-6-8-14-25)29(36)23-34-22-27-15-10-9-12-24(27)3/h6-17,28-29,34,36H,4-5,18-23H2,1-3H3,(H2,33,38)/t28-,29+,32?/m1/s1. The molecule has 1 unspecified atom stereocenters. The molecule has 0 aromatic heterocycles. The van der Waals surface area contributed by atoms with Gasteiger partial charge in [-0.05, 0) is 49.3 Å². The van der Waals surface area contributed by atoms with Gasteiger partial charge in [-0.15, -0.1) is 0 Å². The molecule has 0 fully saturated rings. The summed E-state index contributed by atoms with van der Waals surface area (Å²) in [7, 11) is 0. The molecule has 0 saturated heterocycles. The molecular weight excluding hydrogens is 474 g/mol. The van der Waals surface area contributed by atoms with Gasteiger partial charge in [-0.3, -0.25) is 9.59 Å². The van der Waals surface area contributed by atoms with E-state index in [1.807, 2.05) is 47.4 Å². The molecule has 1 aliphatic carbocycles. The maximum Gasteiger partial charge on any atom is 0.249 e. The van der Waals surface area contributed by atoms with Crippen molar-refractivity contribution in [2.75, 3.05) is 19.6 Å². The Labute approximate surface area is 227 Å². The van der Waals surface area contributed by atoms with Crippen molar-refractivity contribution >= 4 is 11.8 Å². The first-order chi connectivity index (χ1) is 18.3. The summed E-state index contributed by atoms with van der Waals surface area (Å²) in [6.07, 6.45) is 6.84. The zero-order valence-corrected chi connectivity index (χ0v) is 23.0. The Kier molecular flexibility index (Phi) is 10.9. The van der Waals surface area contributed by atoms with Gasteiger partial charge in [0.2, 0.25) is 11.8 Å². The van der Waals surface area contributed by atoms with E-state index >= 15 is 0 Å². The molecule has 204 valence electrons. The van der Waals surface area contributed by atoms with Gasteiger partial charge in [-0.2, -0.15) is 0 Å². The summed E-state index contributed by atoms with van der Waals surface area (Å²) in [5, 5.41) is 14.9. The molecule has 3 rings (SSSR count). The highest BCUT2D eigenvalue weighted by Crippen LogP contribution is 2.43. The lowest BCUT2D eigenvalue weighted by Crippen LogP contribution is -2.51. The van der Waals surface area contributed by atoms with Crippen LogP contribution >= 0.6 is 0 Å². The quantitative estimate of drug-likeness (QED) is 0.348. The molecule has 6 heteroatoms. The van der Waals surface area contributed by atoms with Gasteiger partial charge in [0.25, 0.3) is 0 Å². The summed E-state index contributed by atoms with van der Waals surface area (Å²) >= 11 is 0. The molecule has 0 bridgehead atoms. The molecule has 1 aliphatic rings. The number of benzene rings is 2. The lowest BCUT2D eigenvalue weighted by molar-refractivity contribution is -0.132. The van der Waals surface area contributed by atoms with Gasteiger partial charge in [0.15, 0.2) is 0 Å². The van der Waals surface area contributed by atoms with Gasteiger partial charge in [-0.1, -0.05) is 86.7 Å². The fraction of sp³-hybridized carbons (Fsp3) is 0.438. The van der Waals surface area contributed by atoms with E-state index in [1.54, 1.807) is 18.2 Å². The number of carbonyl (C=O) groups excluding carboxylic acids is 2. The fourth-order valence-electron chi connectivity index (χ4n) is 5.42. The van der Waals surface area contributed by atoms with Crippen LogP contribution in [-0.4, -0.2) is 47.6 Å². The molecule has 6 nitrogen and oxygen atoms in total. The molecule has 2 aromatic carbocycles. The summed E-state index contributed by atoms with van der Waals surface area (Å²) in [4.78, 5) is 28.6. The monoisotopic (exact) mass is 517 g/mol. The Hall–Kier alpha value is -3.22. The van der Waals surface area contributed by atoms with Gasteiger partial charge in [-0.25, -0.2) is 0 Å². The largest absolute Gasteiger partial charge is 0.391 e. The van der Waals surface area contributed by atoms with Crippen molar-refractivity contribution in [3.05, 3.63) is 95.1 Å². The second kappa shape index (κ2) is 14.1. The van der Waals surface area contributed by atoms with Crippen LogP contribution in [0.2, 0.25) is 0 Å². The summed E-state index contributed by atoms with van der Waals surface area (Å²) < 4.78 is 0. The summed E-state index contributed by atoms with van der Waals surface area (Å²) in [6, 6.07) is 18.0. The Bertz CT molecular complexity index is 1120. The fourth-order valence-corrected chi connectivity index (χ4v) is 5.42. The van der Waals surface area contributed by atoms with Crippen molar-refractivity contribution in [3.8, 4) is 0 Å². The lowest BCUT2D eigenvalue weighted by atomic mass is 9.64. The van der Waals surface area contributed by atoms with Crippen LogP contribution in [0.15, 0.2) is 78.4 Å². The number of hydrogen-bond donors (Lipinski definition) is 3. The Balaban J connectivity index is 1.88. The van der Waals surface area contributed by atoms with Crippen molar-refractivity contribution in [2.24, 2.45) is 17.1 Å². The number of amides is 2. The first kappa shape index (κ1) is 29.3. The van der Waals surface area contributed by atoms with Crippen molar-refractivity contribution < 1.29 is 14.7 Å². The highest BCUT2D eigenvalue weighted by Gasteiger charge is 2.47. The highest BCUT2D eigenvalue weighted by atomic mass is 16.3. The molecule has 4 N–H and O–H groups in total. The van der Waals surface area contributed by atoms with Crippen LogP contribution in [0.4, 0.5) is 0 Å². The number of nitrogens with one attached hydrogen (secondary N) is 1. The van der Waals surface area contributed by atoms with E-state index in [4.69, 9.17) is 5.73 Å². The Morgan fingerprint density at radius 2 is 1.71 bits per heavy atom. The van der Waals surface area contributed by atoms with Gasteiger partial charge in [0.1, 0.15) is 0 Å². The van der Waals surface area contributed by atoms with Crippen LogP contribution in [0.3, 0.4) is 0 Å². The van der Waals surface area contributed by atoms with Gasteiger partial charge in [0, 0.05) is 37.7 Å². The number of allylic oxidation sites excluding steroid dienone is 2. The predicted octanol–water partition coefficient (Wildman–Crippen LogP) is 4.31. The number of carbonyl (C=O) groups is 2. The molecule has 3 atom stereocenters. The molecule has 0 radical (unpaired) electrons. The molecule has 2 amide bonds. The number of nitrogens with two attached hydrogens (primary N) is 1. The summed E-state index contributed by atoms with van der Waals surface area (Å²) in [5.41, 5.74) is 8.83. The van der Waals surface area contributed by atoms with Crippen LogP contribution < -0.4 is 11.1 Å². The van der Waals surface area contributed by atoms with E-state index in [1.165, 1.54) is 5.56 Å². The molecule has 0 saturated carbocycles. The molecule has 38 heavy (non-hydrogen) atoms. The van der Waals surface area contributed by atoms with Crippen molar-refractivity contribution in [1.82, 2.24) is 10.2 Å². The number of hydrogen-bond acceptors (Lipinski definition) is 4. The molecular formula is C32H43N3O3. The van der Waals surface area contributed by atoms with Crippen LogP contribution in [0.25, 0.3) is 0 Å². The van der Waals surface area contributed by atoms with Crippen molar-refractivity contribution in [3.63, 3.8) is 0 Å². The maximum absolute atomic E-state index is 13.5. The van der Waals surface area contributed by atoms with E-state index in [0.717, 1.165) is 24.0 Å². The summed E-state index contributed by atoms with van der Waals surface area (Å²) in [5.74, 6) is -1.11. The SMILES string of the molecule is CCCN(CCC)C(=O)C1=CC=CC(C(N)=O)([C@H](Cc2ccccc2)[C@@H](O)CNCc2ccccc2C)C1. The first-order valence-corrected chi connectivity index (χ1v) is 13.8. The molecule has 0 heterocycles. The van der Waals surface area contributed by atoms with E-state index in [-0.39, 0.29) is 12.3 Å². The third kappa shape index (κ3) is 7.21. The second-order valence-electron chi connectivity index (χ2n) is 10.3. The normalized spacial score (nSPS) is 18.5. The Morgan fingerprint density at radius 3 is 2.34 bits per heavy atom. The minimum atomic E-state index is -1.19. The van der Waals surface area contributed by atoms with Crippen molar-refractivity contribution in [1.29, 1.82) is 0 Å². The minimum Gasteiger partial charge on any atom is -0.391 e. The van der Waals surface area contributed by atoms with E-state index in [2.05, 4.69) is 38.2 Å². The van der Waals surface area contributed by atoms with Crippen LogP contribution in [0, 0.1) is 18.3 Å². The van der Waals surface area contributed by atoms with E-state index in [0.29, 0.717) is 38.2 Å². The molecule has 2 aromatic rings. The number of aliphatic hydroxyl groups excluding tert-OH is 1. The number of aryl methyl sites for hydroxylation is 1. The zero-order valence-electron chi connectivity index (χ0n) is 23.0. The van der Waals surface area contributed by atoms with E-state index in [9.17, 15) is 14.7 Å². The average Bonchev–Trinajstić information content (AvgIpc) is 2.92. The van der Waals surface area contributed by atoms with Gasteiger partial charge < -0.3 is 21.1 Å². The minimum absolute atomic E-state index is 0.0608. The predicted molar refractivity (Wildman–Crippen MR) is 153 cm³/mol. The van der Waals surface area contributed by atoms with Gasteiger partial charge in [0.05, 0.1) is 11.5 Å². The molecule has 0 aliphatic heterocycles. The van der Waals surface area contributed by atoms with Crippen LogP contribution in [-0.2, 0) is 22.6 Å². The topological polar surface area (TPSA) is 95.7 Å². The number of primary amides is 1. The Morgan fingerprint density at radius 1 is 1.05 bits per heavy atom. The number of rotatable bonds is 14. The lowest BCUT2D eigenvalue weighted by Gasteiger charge is -2.41. The maximum atomic E-state index is 13.5. The van der Waals surface area contributed by atoms with Crippen LogP contribution in [0.5, 0.6) is 0 Å². The second-order valence-corrected chi connectivity index (χ2v) is 10.3. The average molecular weight is 518 g/mol. The number of aliphatic hydroxyl groups is 1. The van der Waals surface area contributed by atoms with Crippen LogP contribution in [0.1, 0.15) is 49.8 Å².